The Morgan fingerprint density at radius 1 is 1.24 bits per heavy atom. The molecule has 0 heterocycles. The van der Waals surface area contributed by atoms with Crippen molar-refractivity contribution in [2.75, 3.05) is 4.90 Å². The summed E-state index contributed by atoms with van der Waals surface area (Å²) in [5, 5.41) is 0. The molecule has 3 heteroatoms. The maximum Gasteiger partial charge on any atom is 0.230 e. The van der Waals surface area contributed by atoms with Crippen LogP contribution in [-0.2, 0) is 11.2 Å². The fourth-order valence-corrected chi connectivity index (χ4v) is 2.54. The Balaban J connectivity index is 3.20. The second kappa shape index (κ2) is 8.16. The molecule has 0 bridgehead atoms. The largest absolute Gasteiger partial charge is 0.309 e. The van der Waals surface area contributed by atoms with Gasteiger partial charge in [0.2, 0.25) is 5.91 Å². The van der Waals surface area contributed by atoms with Crippen molar-refractivity contribution in [3.8, 4) is 0 Å². The van der Waals surface area contributed by atoms with Gasteiger partial charge in [0.15, 0.2) is 0 Å². The Morgan fingerprint density at radius 2 is 1.90 bits per heavy atom. The van der Waals surface area contributed by atoms with E-state index in [0.717, 1.165) is 24.9 Å². The minimum atomic E-state index is -0.194. The van der Waals surface area contributed by atoms with E-state index in [0.29, 0.717) is 12.0 Å². The van der Waals surface area contributed by atoms with Crippen molar-refractivity contribution in [2.24, 2.45) is 5.92 Å². The molecule has 118 valence electrons. The van der Waals surface area contributed by atoms with Crippen LogP contribution in [0.3, 0.4) is 0 Å². The molecule has 0 aliphatic rings. The highest BCUT2D eigenvalue weighted by atomic mass is 19.1. The lowest BCUT2D eigenvalue weighted by atomic mass is 10.0. The van der Waals surface area contributed by atoms with Crippen LogP contribution in [0.2, 0.25) is 0 Å². The van der Waals surface area contributed by atoms with Crippen LogP contribution in [0.4, 0.5) is 10.1 Å². The number of halogens is 1. The molecule has 2 unspecified atom stereocenters. The highest BCUT2D eigenvalue weighted by molar-refractivity contribution is 5.95. The first kappa shape index (κ1) is 17.7. The third-order valence-electron chi connectivity index (χ3n) is 4.11. The molecule has 0 aliphatic carbocycles. The summed E-state index contributed by atoms with van der Waals surface area (Å²) in [7, 11) is 0. The van der Waals surface area contributed by atoms with E-state index in [1.807, 2.05) is 31.7 Å². The zero-order valence-electron chi connectivity index (χ0n) is 13.9. The number of benzene rings is 1. The van der Waals surface area contributed by atoms with Gasteiger partial charge in [0, 0.05) is 17.6 Å². The van der Waals surface area contributed by atoms with E-state index in [-0.39, 0.29) is 23.7 Å². The fourth-order valence-electron chi connectivity index (χ4n) is 2.54. The van der Waals surface area contributed by atoms with E-state index in [9.17, 15) is 9.18 Å². The molecule has 1 rings (SSSR count). The number of nitrogens with zero attached hydrogens (tertiary/aromatic N) is 1. The second-order valence-electron chi connectivity index (χ2n) is 5.78. The normalized spacial score (nSPS) is 13.8. The third kappa shape index (κ3) is 4.29. The third-order valence-corrected chi connectivity index (χ3v) is 4.11. The number of hydrogen-bond donors (Lipinski definition) is 0. The first-order chi connectivity index (χ1) is 9.96. The molecule has 2 nitrogen and oxygen atoms in total. The Labute approximate surface area is 128 Å². The van der Waals surface area contributed by atoms with Gasteiger partial charge >= 0.3 is 0 Å². The molecule has 0 N–H and O–H groups in total. The summed E-state index contributed by atoms with van der Waals surface area (Å²) in [6, 6.07) is 5.15. The van der Waals surface area contributed by atoms with Gasteiger partial charge in [-0.25, -0.2) is 4.39 Å². The van der Waals surface area contributed by atoms with Gasteiger partial charge in [-0.3, -0.25) is 4.79 Å². The fraction of sp³-hybridized carbons (Fsp3) is 0.611. The predicted molar refractivity (Wildman–Crippen MR) is 87.1 cm³/mol. The standard InChI is InChI=1S/C18H28FNO/c1-6-9-14(5)20(18(21)13(4)7-2)16-10-11-17(19)15(8-3)12-16/h10-14H,6-9H2,1-5H3. The van der Waals surface area contributed by atoms with E-state index < -0.39 is 0 Å². The van der Waals surface area contributed by atoms with Gasteiger partial charge in [-0.1, -0.05) is 34.1 Å². The Bertz CT molecular complexity index is 472. The number of carbonyl (C=O) groups is 1. The minimum absolute atomic E-state index is 0.0144. The zero-order chi connectivity index (χ0) is 16.0. The average Bonchev–Trinajstić information content (AvgIpc) is 2.48. The molecule has 21 heavy (non-hydrogen) atoms. The summed E-state index contributed by atoms with van der Waals surface area (Å²) >= 11 is 0. The van der Waals surface area contributed by atoms with Crippen LogP contribution < -0.4 is 4.90 Å². The highest BCUT2D eigenvalue weighted by Gasteiger charge is 2.25. The van der Waals surface area contributed by atoms with Crippen LogP contribution >= 0.6 is 0 Å². The SMILES string of the molecule is CCCC(C)N(C(=O)C(C)CC)c1ccc(F)c(CC)c1. The molecule has 1 aromatic carbocycles. The van der Waals surface area contributed by atoms with E-state index in [2.05, 4.69) is 13.8 Å². The topological polar surface area (TPSA) is 20.3 Å². The molecule has 0 saturated carbocycles. The molecule has 0 saturated heterocycles. The lowest BCUT2D eigenvalue weighted by Gasteiger charge is -2.32. The van der Waals surface area contributed by atoms with Gasteiger partial charge in [-0.05, 0) is 49.9 Å². The van der Waals surface area contributed by atoms with E-state index >= 15 is 0 Å². The van der Waals surface area contributed by atoms with Crippen molar-refractivity contribution in [3.05, 3.63) is 29.6 Å². The monoisotopic (exact) mass is 293 g/mol. The maximum absolute atomic E-state index is 13.7. The molecule has 0 aliphatic heterocycles. The smallest absolute Gasteiger partial charge is 0.230 e. The Morgan fingerprint density at radius 3 is 2.43 bits per heavy atom. The van der Waals surface area contributed by atoms with Crippen LogP contribution in [0.25, 0.3) is 0 Å². The van der Waals surface area contributed by atoms with E-state index in [4.69, 9.17) is 0 Å². The minimum Gasteiger partial charge on any atom is -0.309 e. The second-order valence-corrected chi connectivity index (χ2v) is 5.78. The number of rotatable bonds is 7. The molecule has 0 radical (unpaired) electrons. The number of hydrogen-bond acceptors (Lipinski definition) is 1. The molecule has 0 spiro atoms. The zero-order valence-corrected chi connectivity index (χ0v) is 13.9. The molecule has 0 fully saturated rings. The van der Waals surface area contributed by atoms with Crippen molar-refractivity contribution >= 4 is 11.6 Å². The number of carbonyl (C=O) groups excluding carboxylic acids is 1. The molecule has 2 atom stereocenters. The average molecular weight is 293 g/mol. The molecular formula is C18H28FNO. The van der Waals surface area contributed by atoms with Crippen molar-refractivity contribution in [1.82, 2.24) is 0 Å². The van der Waals surface area contributed by atoms with Crippen molar-refractivity contribution in [3.63, 3.8) is 0 Å². The van der Waals surface area contributed by atoms with Crippen LogP contribution in [0.1, 0.15) is 59.4 Å². The van der Waals surface area contributed by atoms with Gasteiger partial charge < -0.3 is 4.90 Å². The molecule has 1 amide bonds. The quantitative estimate of drug-likeness (QED) is 0.696. The first-order valence-electron chi connectivity index (χ1n) is 8.07. The van der Waals surface area contributed by atoms with E-state index in [1.54, 1.807) is 6.07 Å². The van der Waals surface area contributed by atoms with Gasteiger partial charge in [0.25, 0.3) is 0 Å². The first-order valence-corrected chi connectivity index (χ1v) is 8.07. The lowest BCUT2D eigenvalue weighted by molar-refractivity contribution is -0.122. The van der Waals surface area contributed by atoms with Crippen LogP contribution in [0, 0.1) is 11.7 Å². The molecule has 1 aromatic rings. The Hall–Kier alpha value is -1.38. The highest BCUT2D eigenvalue weighted by Crippen LogP contribution is 2.25. The van der Waals surface area contributed by atoms with Gasteiger partial charge in [-0.15, -0.1) is 0 Å². The predicted octanol–water partition coefficient (Wildman–Crippen LogP) is 4.96. The number of amides is 1. The maximum atomic E-state index is 13.7. The van der Waals surface area contributed by atoms with Crippen LogP contribution in [0.5, 0.6) is 0 Å². The van der Waals surface area contributed by atoms with Crippen molar-refractivity contribution in [2.45, 2.75) is 66.3 Å². The summed E-state index contributed by atoms with van der Waals surface area (Å²) < 4.78 is 13.7. The summed E-state index contributed by atoms with van der Waals surface area (Å²) in [5.41, 5.74) is 1.48. The van der Waals surface area contributed by atoms with Crippen molar-refractivity contribution < 1.29 is 9.18 Å². The van der Waals surface area contributed by atoms with Gasteiger partial charge in [0.05, 0.1) is 0 Å². The number of aryl methyl sites for hydroxylation is 1. The van der Waals surface area contributed by atoms with E-state index in [1.165, 1.54) is 6.07 Å². The van der Waals surface area contributed by atoms with Gasteiger partial charge in [0.1, 0.15) is 5.82 Å². The lowest BCUT2D eigenvalue weighted by Crippen LogP contribution is -2.41. The van der Waals surface area contributed by atoms with Crippen LogP contribution in [0.15, 0.2) is 18.2 Å². The summed E-state index contributed by atoms with van der Waals surface area (Å²) in [5.74, 6) is -0.0770. The van der Waals surface area contributed by atoms with Gasteiger partial charge in [-0.2, -0.15) is 0 Å². The van der Waals surface area contributed by atoms with Crippen LogP contribution in [-0.4, -0.2) is 11.9 Å². The summed E-state index contributed by atoms with van der Waals surface area (Å²) in [6.45, 7) is 10.1. The summed E-state index contributed by atoms with van der Waals surface area (Å²) in [4.78, 5) is 14.6. The molecule has 0 aromatic heterocycles. The Kier molecular flexibility index (Phi) is 6.86. The molecular weight excluding hydrogens is 265 g/mol. The van der Waals surface area contributed by atoms with Crippen molar-refractivity contribution in [1.29, 1.82) is 0 Å². The summed E-state index contributed by atoms with van der Waals surface area (Å²) in [6.07, 6.45) is 3.41. The number of anilines is 1.